The largest absolute Gasteiger partial charge is 0.456 e. The summed E-state index contributed by atoms with van der Waals surface area (Å²) in [6.45, 7) is 0. The van der Waals surface area contributed by atoms with Crippen LogP contribution >= 0.6 is 0 Å². The monoisotopic (exact) mass is 741 g/mol. The van der Waals surface area contributed by atoms with E-state index in [0.717, 1.165) is 60.9 Å². The van der Waals surface area contributed by atoms with Gasteiger partial charge in [-0.1, -0.05) is 146 Å². The summed E-state index contributed by atoms with van der Waals surface area (Å²) in [6.07, 6.45) is 0. The third-order valence-electron chi connectivity index (χ3n) is 12.2. The fourth-order valence-electron chi connectivity index (χ4n) is 9.58. The number of rotatable bonds is 6. The van der Waals surface area contributed by atoms with Gasteiger partial charge in [-0.3, -0.25) is 0 Å². The summed E-state index contributed by atoms with van der Waals surface area (Å²) < 4.78 is 12.8. The van der Waals surface area contributed by atoms with Gasteiger partial charge >= 0.3 is 0 Å². The molecule has 0 N–H and O–H groups in total. The molecule has 11 aromatic rings. The molecule has 272 valence electrons. The summed E-state index contributed by atoms with van der Waals surface area (Å²) in [5, 5.41) is 4.46. The highest BCUT2D eigenvalue weighted by Gasteiger charge is 2.46. The van der Waals surface area contributed by atoms with Gasteiger partial charge in [-0.15, -0.1) is 0 Å². The van der Waals surface area contributed by atoms with Crippen molar-refractivity contribution in [1.29, 1.82) is 0 Å². The van der Waals surface area contributed by atoms with Crippen molar-refractivity contribution in [3.8, 4) is 22.3 Å². The van der Waals surface area contributed by atoms with Gasteiger partial charge in [0.1, 0.15) is 22.3 Å². The van der Waals surface area contributed by atoms with Crippen molar-refractivity contribution in [2.24, 2.45) is 0 Å². The number of benzene rings is 9. The minimum absolute atomic E-state index is 0.610. The molecule has 0 bridgehead atoms. The second-order valence-corrected chi connectivity index (χ2v) is 15.2. The molecule has 0 amide bonds. The zero-order chi connectivity index (χ0) is 38.2. The molecule has 12 rings (SSSR count). The first-order valence-electron chi connectivity index (χ1n) is 19.8. The van der Waals surface area contributed by atoms with E-state index in [1.807, 2.05) is 18.2 Å². The van der Waals surface area contributed by atoms with Crippen LogP contribution < -0.4 is 4.90 Å². The third-order valence-corrected chi connectivity index (χ3v) is 12.2. The standard InChI is InChI=1S/C55H35NO2/c1-3-13-36(14-4-1)37-23-26-40(27-24-37)56(42-29-31-47-45-18-8-11-21-51(45)58-54(47)35-42)41-28-30-44-43-17-7-10-20-49(43)55(50(44)34-41,38-15-5-2-6-16-38)39-25-32-53-48(33-39)46-19-9-12-22-52(46)57-53/h1-35H. The van der Waals surface area contributed by atoms with Crippen LogP contribution in [0.2, 0.25) is 0 Å². The topological polar surface area (TPSA) is 29.5 Å². The quantitative estimate of drug-likeness (QED) is 0.170. The second-order valence-electron chi connectivity index (χ2n) is 15.2. The molecule has 1 aliphatic carbocycles. The molecule has 0 aliphatic heterocycles. The molecule has 0 spiro atoms. The molecule has 0 saturated carbocycles. The lowest BCUT2D eigenvalue weighted by Crippen LogP contribution is -2.28. The Labute approximate surface area is 335 Å². The van der Waals surface area contributed by atoms with E-state index in [1.165, 1.54) is 44.5 Å². The molecule has 1 aliphatic rings. The lowest BCUT2D eigenvalue weighted by molar-refractivity contribution is 0.668. The summed E-state index contributed by atoms with van der Waals surface area (Å²) in [7, 11) is 0. The van der Waals surface area contributed by atoms with E-state index in [1.54, 1.807) is 0 Å². The van der Waals surface area contributed by atoms with Crippen molar-refractivity contribution in [2.75, 3.05) is 4.90 Å². The van der Waals surface area contributed by atoms with Crippen LogP contribution in [0.1, 0.15) is 22.3 Å². The van der Waals surface area contributed by atoms with Crippen LogP contribution in [0.3, 0.4) is 0 Å². The molecule has 1 unspecified atom stereocenters. The van der Waals surface area contributed by atoms with E-state index < -0.39 is 5.41 Å². The average molecular weight is 742 g/mol. The van der Waals surface area contributed by atoms with Gasteiger partial charge in [0, 0.05) is 44.7 Å². The summed E-state index contributed by atoms with van der Waals surface area (Å²) in [5.74, 6) is 0. The Morgan fingerprint density at radius 3 is 1.66 bits per heavy atom. The van der Waals surface area contributed by atoms with E-state index in [2.05, 4.69) is 199 Å². The number of anilines is 3. The zero-order valence-corrected chi connectivity index (χ0v) is 31.5. The Hall–Kier alpha value is -7.62. The highest BCUT2D eigenvalue weighted by molar-refractivity contribution is 6.07. The molecular formula is C55H35NO2. The summed E-state index contributed by atoms with van der Waals surface area (Å²) in [4.78, 5) is 2.37. The molecule has 1 atom stereocenters. The highest BCUT2D eigenvalue weighted by atomic mass is 16.3. The summed E-state index contributed by atoms with van der Waals surface area (Å²) in [5.41, 5.74) is 15.8. The van der Waals surface area contributed by atoms with Crippen LogP contribution in [0.5, 0.6) is 0 Å². The van der Waals surface area contributed by atoms with Gasteiger partial charge in [0.2, 0.25) is 0 Å². The lowest BCUT2D eigenvalue weighted by Gasteiger charge is -2.35. The van der Waals surface area contributed by atoms with Gasteiger partial charge in [0.05, 0.1) is 5.41 Å². The summed E-state index contributed by atoms with van der Waals surface area (Å²) in [6, 6.07) is 76.4. The Bertz CT molecular complexity index is 3340. The molecule has 3 heteroatoms. The fourth-order valence-corrected chi connectivity index (χ4v) is 9.58. The number of nitrogens with zero attached hydrogens (tertiary/aromatic N) is 1. The first kappa shape index (κ1) is 32.6. The number of furan rings is 2. The SMILES string of the molecule is c1ccc(-c2ccc(N(c3ccc4c(c3)C(c3ccccc3)(c3ccc5oc6ccccc6c5c3)c3ccccc3-4)c3ccc4c(c3)oc3ccccc34)cc2)cc1. The zero-order valence-electron chi connectivity index (χ0n) is 31.5. The van der Waals surface area contributed by atoms with Crippen LogP contribution in [-0.4, -0.2) is 0 Å². The van der Waals surface area contributed by atoms with E-state index in [4.69, 9.17) is 8.83 Å². The summed E-state index contributed by atoms with van der Waals surface area (Å²) >= 11 is 0. The van der Waals surface area contributed by atoms with Crippen molar-refractivity contribution in [2.45, 2.75) is 5.41 Å². The number of hydrogen-bond donors (Lipinski definition) is 0. The van der Waals surface area contributed by atoms with E-state index in [0.29, 0.717) is 0 Å². The Morgan fingerprint density at radius 2 is 0.862 bits per heavy atom. The number of hydrogen-bond acceptors (Lipinski definition) is 3. The number of para-hydroxylation sites is 2. The third kappa shape index (κ3) is 4.80. The van der Waals surface area contributed by atoms with Crippen molar-refractivity contribution < 1.29 is 8.83 Å². The van der Waals surface area contributed by atoms with Gasteiger partial charge in [-0.05, 0) is 105 Å². The van der Waals surface area contributed by atoms with Gasteiger partial charge in [0.15, 0.2) is 0 Å². The molecule has 0 saturated heterocycles. The molecule has 0 radical (unpaired) electrons. The van der Waals surface area contributed by atoms with Gasteiger partial charge in [-0.2, -0.15) is 0 Å². The van der Waals surface area contributed by atoms with E-state index in [-0.39, 0.29) is 0 Å². The predicted octanol–water partition coefficient (Wildman–Crippen LogP) is 15.0. The minimum atomic E-state index is -0.610. The van der Waals surface area contributed by atoms with Crippen molar-refractivity contribution in [3.05, 3.63) is 235 Å². The average Bonchev–Trinajstić information content (AvgIpc) is 3.95. The van der Waals surface area contributed by atoms with Crippen molar-refractivity contribution in [1.82, 2.24) is 0 Å². The van der Waals surface area contributed by atoms with Gasteiger partial charge in [-0.25, -0.2) is 0 Å². The maximum atomic E-state index is 6.48. The maximum absolute atomic E-state index is 6.48. The lowest BCUT2D eigenvalue weighted by atomic mass is 9.67. The Kier molecular flexibility index (Phi) is 7.14. The minimum Gasteiger partial charge on any atom is -0.456 e. The molecular weight excluding hydrogens is 707 g/mol. The Balaban J connectivity index is 1.12. The molecule has 3 nitrogen and oxygen atoms in total. The number of fused-ring (bicyclic) bond motifs is 9. The molecule has 0 fully saturated rings. The first-order valence-corrected chi connectivity index (χ1v) is 19.8. The second kappa shape index (κ2) is 12.7. The predicted molar refractivity (Wildman–Crippen MR) is 238 cm³/mol. The van der Waals surface area contributed by atoms with Crippen LogP contribution in [0, 0.1) is 0 Å². The first-order chi connectivity index (χ1) is 28.7. The van der Waals surface area contributed by atoms with Crippen molar-refractivity contribution in [3.63, 3.8) is 0 Å². The van der Waals surface area contributed by atoms with Crippen LogP contribution in [-0.2, 0) is 5.41 Å². The fraction of sp³-hybridized carbons (Fsp3) is 0.0182. The van der Waals surface area contributed by atoms with E-state index in [9.17, 15) is 0 Å². The van der Waals surface area contributed by atoms with Crippen LogP contribution in [0.4, 0.5) is 17.1 Å². The smallest absolute Gasteiger partial charge is 0.137 e. The highest BCUT2D eigenvalue weighted by Crippen LogP contribution is 2.58. The van der Waals surface area contributed by atoms with E-state index >= 15 is 0 Å². The van der Waals surface area contributed by atoms with Crippen LogP contribution in [0.25, 0.3) is 66.1 Å². The Morgan fingerprint density at radius 1 is 0.310 bits per heavy atom. The molecule has 2 heterocycles. The normalized spacial score (nSPS) is 14.6. The molecule has 2 aromatic heterocycles. The maximum Gasteiger partial charge on any atom is 0.137 e. The molecule has 58 heavy (non-hydrogen) atoms. The van der Waals surface area contributed by atoms with Crippen molar-refractivity contribution >= 4 is 60.9 Å². The van der Waals surface area contributed by atoms with Gasteiger partial charge < -0.3 is 13.7 Å². The van der Waals surface area contributed by atoms with Gasteiger partial charge in [0.25, 0.3) is 0 Å². The van der Waals surface area contributed by atoms with Crippen LogP contribution in [0.15, 0.2) is 221 Å². The molecule has 9 aromatic carbocycles.